The molecule has 0 radical (unpaired) electrons. The average Bonchev–Trinajstić information content (AvgIpc) is 2.54. The zero-order valence-corrected chi connectivity index (χ0v) is 14.1. The lowest BCUT2D eigenvalue weighted by Crippen LogP contribution is -2.12. The van der Waals surface area contributed by atoms with Crippen LogP contribution in [-0.2, 0) is 11.2 Å². The molecule has 2 aromatic carbocycles. The number of ether oxygens (including phenoxy) is 1. The van der Waals surface area contributed by atoms with Gasteiger partial charge in [0.05, 0.1) is 0 Å². The molecule has 0 atom stereocenters. The molecule has 0 aliphatic rings. The smallest absolute Gasteiger partial charge is 0.224 e. The van der Waals surface area contributed by atoms with Gasteiger partial charge in [-0.15, -0.1) is 12.4 Å². The van der Waals surface area contributed by atoms with Crippen LogP contribution in [0.4, 0.5) is 5.69 Å². The molecule has 5 heteroatoms. The van der Waals surface area contributed by atoms with E-state index in [1.54, 1.807) is 0 Å². The minimum absolute atomic E-state index is 0. The minimum Gasteiger partial charge on any atom is -0.492 e. The van der Waals surface area contributed by atoms with Crippen LogP contribution in [0.1, 0.15) is 17.5 Å². The van der Waals surface area contributed by atoms with Gasteiger partial charge < -0.3 is 15.8 Å². The van der Waals surface area contributed by atoms with Crippen LogP contribution < -0.4 is 15.8 Å². The molecule has 0 spiro atoms. The molecule has 0 heterocycles. The quantitative estimate of drug-likeness (QED) is 0.816. The van der Waals surface area contributed by atoms with Gasteiger partial charge >= 0.3 is 0 Å². The zero-order valence-electron chi connectivity index (χ0n) is 13.2. The Morgan fingerprint density at radius 1 is 1.09 bits per heavy atom. The van der Waals surface area contributed by atoms with Crippen LogP contribution in [0.25, 0.3) is 0 Å². The summed E-state index contributed by atoms with van der Waals surface area (Å²) >= 11 is 0. The highest BCUT2D eigenvalue weighted by Crippen LogP contribution is 2.16. The Kier molecular flexibility index (Phi) is 8.16. The van der Waals surface area contributed by atoms with Crippen LogP contribution in [0.5, 0.6) is 5.75 Å². The number of hydrogen-bond donors (Lipinski definition) is 2. The number of carbonyl (C=O) groups excluding carboxylic acids is 1. The van der Waals surface area contributed by atoms with Crippen LogP contribution in [-0.4, -0.2) is 19.1 Å². The molecule has 0 aromatic heterocycles. The van der Waals surface area contributed by atoms with Crippen molar-refractivity contribution in [1.29, 1.82) is 0 Å². The summed E-state index contributed by atoms with van der Waals surface area (Å²) in [6.45, 7) is 3.02. The maximum absolute atomic E-state index is 12.0. The number of nitrogens with one attached hydrogen (secondary N) is 1. The van der Waals surface area contributed by atoms with Gasteiger partial charge in [0.2, 0.25) is 5.91 Å². The lowest BCUT2D eigenvalue weighted by atomic mass is 10.1. The Balaban J connectivity index is 0.00000264. The Hall–Kier alpha value is -2.04. The summed E-state index contributed by atoms with van der Waals surface area (Å²) in [6.07, 6.45) is 1.21. The van der Waals surface area contributed by atoms with Gasteiger partial charge in [-0.05, 0) is 43.2 Å². The first-order chi connectivity index (χ1) is 10.7. The van der Waals surface area contributed by atoms with E-state index in [0.29, 0.717) is 19.6 Å². The van der Waals surface area contributed by atoms with Gasteiger partial charge in [-0.3, -0.25) is 4.79 Å². The second-order valence-corrected chi connectivity index (χ2v) is 5.20. The molecule has 4 nitrogen and oxygen atoms in total. The number of hydrogen-bond acceptors (Lipinski definition) is 3. The molecule has 3 N–H and O–H groups in total. The summed E-state index contributed by atoms with van der Waals surface area (Å²) in [5.74, 6) is 0.763. The molecule has 0 aliphatic carbocycles. The Labute approximate surface area is 143 Å². The van der Waals surface area contributed by atoms with E-state index in [2.05, 4.69) is 36.5 Å². The molecule has 2 aromatic rings. The molecular weight excluding hydrogens is 312 g/mol. The van der Waals surface area contributed by atoms with Crippen molar-refractivity contribution < 1.29 is 9.53 Å². The summed E-state index contributed by atoms with van der Waals surface area (Å²) in [6, 6.07) is 15.6. The van der Waals surface area contributed by atoms with E-state index in [1.807, 2.05) is 24.3 Å². The number of carbonyl (C=O) groups is 1. The topological polar surface area (TPSA) is 64.3 Å². The molecule has 0 unspecified atom stereocenters. The number of halogens is 1. The fraction of sp³-hybridized carbons (Fsp3) is 0.278. The van der Waals surface area contributed by atoms with Crippen molar-refractivity contribution in [3.8, 4) is 5.75 Å². The van der Waals surface area contributed by atoms with Gasteiger partial charge in [-0.25, -0.2) is 0 Å². The maximum Gasteiger partial charge on any atom is 0.224 e. The van der Waals surface area contributed by atoms with Crippen LogP contribution in [0.15, 0.2) is 48.5 Å². The van der Waals surface area contributed by atoms with Gasteiger partial charge in [0.25, 0.3) is 0 Å². The monoisotopic (exact) mass is 334 g/mol. The first-order valence-electron chi connectivity index (χ1n) is 7.46. The molecule has 23 heavy (non-hydrogen) atoms. The van der Waals surface area contributed by atoms with E-state index in [1.165, 1.54) is 11.1 Å². The molecule has 2 rings (SSSR count). The number of aryl methyl sites for hydroxylation is 2. The average molecular weight is 335 g/mol. The van der Waals surface area contributed by atoms with Crippen molar-refractivity contribution in [2.45, 2.75) is 19.8 Å². The largest absolute Gasteiger partial charge is 0.492 e. The maximum atomic E-state index is 12.0. The highest BCUT2D eigenvalue weighted by Gasteiger charge is 2.03. The third-order valence-corrected chi connectivity index (χ3v) is 3.29. The van der Waals surface area contributed by atoms with E-state index in [-0.39, 0.29) is 18.3 Å². The third kappa shape index (κ3) is 6.72. The second-order valence-electron chi connectivity index (χ2n) is 5.20. The van der Waals surface area contributed by atoms with E-state index in [4.69, 9.17) is 10.5 Å². The molecule has 0 saturated carbocycles. The summed E-state index contributed by atoms with van der Waals surface area (Å²) in [4.78, 5) is 12.0. The number of nitrogens with two attached hydrogens (primary N) is 1. The van der Waals surface area contributed by atoms with Gasteiger partial charge in [-0.1, -0.05) is 29.8 Å². The van der Waals surface area contributed by atoms with E-state index in [9.17, 15) is 4.79 Å². The SMILES string of the molecule is Cc1ccc(CCC(=O)Nc2ccc(OCCN)cc2)cc1.Cl. The molecule has 0 bridgehead atoms. The van der Waals surface area contributed by atoms with Crippen LogP contribution in [0, 0.1) is 6.92 Å². The number of benzene rings is 2. The first-order valence-corrected chi connectivity index (χ1v) is 7.46. The van der Waals surface area contributed by atoms with E-state index < -0.39 is 0 Å². The summed E-state index contributed by atoms with van der Waals surface area (Å²) in [7, 11) is 0. The third-order valence-electron chi connectivity index (χ3n) is 3.29. The number of anilines is 1. The standard InChI is InChI=1S/C18H22N2O2.ClH/c1-14-2-4-15(5-3-14)6-11-18(21)20-16-7-9-17(10-8-16)22-13-12-19;/h2-5,7-10H,6,11-13,19H2,1H3,(H,20,21);1H. The Morgan fingerprint density at radius 3 is 2.35 bits per heavy atom. The van der Waals surface area contributed by atoms with Crippen LogP contribution >= 0.6 is 12.4 Å². The van der Waals surface area contributed by atoms with E-state index in [0.717, 1.165) is 17.9 Å². The van der Waals surface area contributed by atoms with Crippen LogP contribution in [0.3, 0.4) is 0 Å². The molecule has 0 fully saturated rings. The first kappa shape index (κ1) is 19.0. The second kappa shape index (κ2) is 9.87. The fourth-order valence-electron chi connectivity index (χ4n) is 2.05. The van der Waals surface area contributed by atoms with Crippen LogP contribution in [0.2, 0.25) is 0 Å². The molecule has 0 saturated heterocycles. The van der Waals surface area contributed by atoms with E-state index >= 15 is 0 Å². The normalized spacial score (nSPS) is 9.83. The fourth-order valence-corrected chi connectivity index (χ4v) is 2.05. The number of amides is 1. The molecule has 0 aliphatic heterocycles. The van der Waals surface area contributed by atoms with Crippen molar-refractivity contribution in [3.05, 3.63) is 59.7 Å². The van der Waals surface area contributed by atoms with Crippen molar-refractivity contribution in [1.82, 2.24) is 0 Å². The lowest BCUT2D eigenvalue weighted by molar-refractivity contribution is -0.116. The van der Waals surface area contributed by atoms with Gasteiger partial charge in [0, 0.05) is 18.7 Å². The summed E-state index contributed by atoms with van der Waals surface area (Å²) in [5, 5.41) is 2.89. The minimum atomic E-state index is 0. The lowest BCUT2D eigenvalue weighted by Gasteiger charge is -2.08. The van der Waals surface area contributed by atoms with Crippen molar-refractivity contribution >= 4 is 24.0 Å². The van der Waals surface area contributed by atoms with Gasteiger partial charge in [0.15, 0.2) is 0 Å². The Morgan fingerprint density at radius 2 is 1.74 bits per heavy atom. The van der Waals surface area contributed by atoms with Crippen molar-refractivity contribution in [3.63, 3.8) is 0 Å². The molecule has 124 valence electrons. The predicted octanol–water partition coefficient (Wildman–Crippen LogP) is 3.33. The number of rotatable bonds is 7. The summed E-state index contributed by atoms with van der Waals surface area (Å²) in [5.41, 5.74) is 8.55. The van der Waals surface area contributed by atoms with Crippen molar-refractivity contribution in [2.24, 2.45) is 5.73 Å². The zero-order chi connectivity index (χ0) is 15.8. The molecule has 1 amide bonds. The van der Waals surface area contributed by atoms with Gasteiger partial charge in [-0.2, -0.15) is 0 Å². The highest BCUT2D eigenvalue weighted by atomic mass is 35.5. The highest BCUT2D eigenvalue weighted by molar-refractivity contribution is 5.90. The molecular formula is C18H23ClN2O2. The van der Waals surface area contributed by atoms with Crippen molar-refractivity contribution in [2.75, 3.05) is 18.5 Å². The Bertz CT molecular complexity index is 597. The summed E-state index contributed by atoms with van der Waals surface area (Å²) < 4.78 is 5.39. The van der Waals surface area contributed by atoms with Gasteiger partial charge in [0.1, 0.15) is 12.4 Å². The predicted molar refractivity (Wildman–Crippen MR) is 96.4 cm³/mol.